The first-order valence-corrected chi connectivity index (χ1v) is 10.8. The van der Waals surface area contributed by atoms with Crippen LogP contribution in [0.15, 0.2) is 65.7 Å². The summed E-state index contributed by atoms with van der Waals surface area (Å²) in [5.74, 6) is 1.96. The highest BCUT2D eigenvalue weighted by atomic mass is 32.1. The minimum atomic E-state index is 0.251. The molecule has 0 aliphatic carbocycles. The van der Waals surface area contributed by atoms with Crippen LogP contribution < -0.4 is 15.4 Å². The Kier molecular flexibility index (Phi) is 4.96. The van der Waals surface area contributed by atoms with Gasteiger partial charge in [0, 0.05) is 24.5 Å². The number of hydrogen-bond acceptors (Lipinski definition) is 6. The number of thiophene rings is 1. The number of anilines is 2. The number of nitrogens with one attached hydrogen (secondary N) is 2. The quantitative estimate of drug-likeness (QED) is 0.673. The van der Waals surface area contributed by atoms with Gasteiger partial charge in [0.15, 0.2) is 0 Å². The Labute approximate surface area is 175 Å². The number of amidine groups is 1. The molecule has 1 fully saturated rings. The van der Waals surface area contributed by atoms with Crippen molar-refractivity contribution in [2.45, 2.75) is 13.0 Å². The molecule has 2 N–H and O–H groups in total. The van der Waals surface area contributed by atoms with Crippen LogP contribution in [0, 0.1) is 6.92 Å². The second-order valence-corrected chi connectivity index (χ2v) is 8.65. The van der Waals surface area contributed by atoms with Crippen LogP contribution in [0.4, 0.5) is 16.4 Å². The molecule has 1 aromatic heterocycles. The van der Waals surface area contributed by atoms with Gasteiger partial charge in [0.05, 0.1) is 23.0 Å². The second-order valence-electron chi connectivity index (χ2n) is 7.40. The van der Waals surface area contributed by atoms with Gasteiger partial charge in [-0.15, -0.1) is 11.3 Å². The van der Waals surface area contributed by atoms with Crippen LogP contribution in [0.3, 0.4) is 0 Å². The van der Waals surface area contributed by atoms with Crippen molar-refractivity contribution in [3.8, 4) is 5.75 Å². The summed E-state index contributed by atoms with van der Waals surface area (Å²) in [5, 5.41) is 8.34. The first-order chi connectivity index (χ1) is 14.3. The molecule has 148 valence electrons. The number of rotatable bonds is 3. The lowest BCUT2D eigenvalue weighted by atomic mass is 10.1. The maximum Gasteiger partial charge on any atom is 0.139 e. The fourth-order valence-electron chi connectivity index (χ4n) is 3.83. The largest absolute Gasteiger partial charge is 0.492 e. The zero-order valence-electron chi connectivity index (χ0n) is 16.4. The van der Waals surface area contributed by atoms with Crippen LogP contribution >= 0.6 is 11.3 Å². The molecular weight excluding hydrogens is 380 g/mol. The van der Waals surface area contributed by atoms with E-state index in [9.17, 15) is 0 Å². The molecule has 2 aliphatic rings. The smallest absolute Gasteiger partial charge is 0.139 e. The third kappa shape index (κ3) is 3.86. The SMILES string of the molecule is Cc1cc2c(s1)Nc1ccccc1N=C2N1CCN[C@@H](COc2ccccc2)C1. The summed E-state index contributed by atoms with van der Waals surface area (Å²) in [7, 11) is 0. The molecule has 3 heterocycles. The molecule has 2 aliphatic heterocycles. The van der Waals surface area contributed by atoms with E-state index in [0.717, 1.165) is 42.6 Å². The van der Waals surface area contributed by atoms with E-state index in [0.29, 0.717) is 6.61 Å². The lowest BCUT2D eigenvalue weighted by Crippen LogP contribution is -2.54. The molecule has 1 saturated heterocycles. The Morgan fingerprint density at radius 3 is 2.86 bits per heavy atom. The Hall–Kier alpha value is -2.83. The molecular formula is C23H24N4OS. The zero-order valence-corrected chi connectivity index (χ0v) is 17.2. The molecule has 1 atom stereocenters. The molecule has 0 saturated carbocycles. The summed E-state index contributed by atoms with van der Waals surface area (Å²) >= 11 is 1.78. The summed E-state index contributed by atoms with van der Waals surface area (Å²) in [6, 6.07) is 20.8. The van der Waals surface area contributed by atoms with Crippen molar-refractivity contribution in [3.05, 3.63) is 71.1 Å². The number of piperazine rings is 1. The number of benzene rings is 2. The van der Waals surface area contributed by atoms with Gasteiger partial charge in [0.1, 0.15) is 23.2 Å². The standard InChI is InChI=1S/C23H24N4OS/c1-16-13-19-22(25-20-9-5-6-10-21(20)26-23(19)29-16)27-12-11-24-17(14-27)15-28-18-7-3-2-4-8-18/h2-10,13,17,24,26H,11-12,14-15H2,1H3/t17-/m1/s1. The maximum absolute atomic E-state index is 6.00. The molecule has 5 rings (SSSR count). The van der Waals surface area contributed by atoms with E-state index < -0.39 is 0 Å². The Bertz CT molecular complexity index is 1030. The number of aryl methyl sites for hydroxylation is 1. The minimum absolute atomic E-state index is 0.251. The second kappa shape index (κ2) is 7.89. The Morgan fingerprint density at radius 2 is 1.97 bits per heavy atom. The zero-order chi connectivity index (χ0) is 19.6. The van der Waals surface area contributed by atoms with Crippen LogP contribution in [0.5, 0.6) is 5.75 Å². The molecule has 29 heavy (non-hydrogen) atoms. The third-order valence-electron chi connectivity index (χ3n) is 5.22. The molecule has 6 heteroatoms. The number of hydrogen-bond donors (Lipinski definition) is 2. The van der Waals surface area contributed by atoms with Crippen LogP contribution in [0.2, 0.25) is 0 Å². The van der Waals surface area contributed by atoms with Gasteiger partial charge in [-0.25, -0.2) is 4.99 Å². The minimum Gasteiger partial charge on any atom is -0.492 e. The lowest BCUT2D eigenvalue weighted by Gasteiger charge is -2.35. The average molecular weight is 405 g/mol. The van der Waals surface area contributed by atoms with E-state index in [4.69, 9.17) is 9.73 Å². The Morgan fingerprint density at radius 1 is 1.14 bits per heavy atom. The predicted octanol–water partition coefficient (Wildman–Crippen LogP) is 4.54. The lowest BCUT2D eigenvalue weighted by molar-refractivity contribution is 0.206. The van der Waals surface area contributed by atoms with Crippen LogP contribution in [-0.4, -0.2) is 43.0 Å². The fraction of sp³-hybridized carbons (Fsp3) is 0.261. The van der Waals surface area contributed by atoms with Gasteiger partial charge < -0.3 is 20.3 Å². The van der Waals surface area contributed by atoms with Crippen LogP contribution in [-0.2, 0) is 0 Å². The van der Waals surface area contributed by atoms with Gasteiger partial charge in [-0.2, -0.15) is 0 Å². The van der Waals surface area contributed by atoms with Crippen molar-refractivity contribution < 1.29 is 4.74 Å². The van der Waals surface area contributed by atoms with E-state index in [-0.39, 0.29) is 6.04 Å². The first-order valence-electron chi connectivity index (χ1n) is 9.98. The third-order valence-corrected chi connectivity index (χ3v) is 6.19. The van der Waals surface area contributed by atoms with E-state index in [1.807, 2.05) is 42.5 Å². The molecule has 2 aromatic carbocycles. The highest BCUT2D eigenvalue weighted by molar-refractivity contribution is 7.16. The van der Waals surface area contributed by atoms with Crippen molar-refractivity contribution in [2.24, 2.45) is 4.99 Å². The van der Waals surface area contributed by atoms with Crippen LogP contribution in [0.25, 0.3) is 0 Å². The summed E-state index contributed by atoms with van der Waals surface area (Å²) in [6.45, 7) is 5.49. The van der Waals surface area contributed by atoms with Crippen molar-refractivity contribution in [3.63, 3.8) is 0 Å². The van der Waals surface area contributed by atoms with Gasteiger partial charge in [0.2, 0.25) is 0 Å². The number of fused-ring (bicyclic) bond motifs is 2. The maximum atomic E-state index is 6.00. The number of ether oxygens (including phenoxy) is 1. The van der Waals surface area contributed by atoms with Crippen molar-refractivity contribution in [2.75, 3.05) is 31.6 Å². The van der Waals surface area contributed by atoms with Crippen LogP contribution in [0.1, 0.15) is 10.4 Å². The highest BCUT2D eigenvalue weighted by Gasteiger charge is 2.27. The highest BCUT2D eigenvalue weighted by Crippen LogP contribution is 2.39. The normalized spacial score (nSPS) is 18.2. The van der Waals surface area contributed by atoms with Gasteiger partial charge >= 0.3 is 0 Å². The Balaban J connectivity index is 1.40. The first kappa shape index (κ1) is 18.2. The number of aliphatic imine (C=N–C) groups is 1. The van der Waals surface area contributed by atoms with Gasteiger partial charge in [-0.3, -0.25) is 0 Å². The average Bonchev–Trinajstić information content (AvgIpc) is 3.04. The van der Waals surface area contributed by atoms with E-state index in [2.05, 4.69) is 40.7 Å². The summed E-state index contributed by atoms with van der Waals surface area (Å²) in [5.41, 5.74) is 3.23. The molecule has 5 nitrogen and oxygen atoms in total. The monoisotopic (exact) mass is 404 g/mol. The molecule has 0 spiro atoms. The van der Waals surface area contributed by atoms with Crippen molar-refractivity contribution in [1.82, 2.24) is 10.2 Å². The van der Waals surface area contributed by atoms with Crippen molar-refractivity contribution in [1.29, 1.82) is 0 Å². The molecule has 0 amide bonds. The summed E-state index contributed by atoms with van der Waals surface area (Å²) in [6.07, 6.45) is 0. The molecule has 0 bridgehead atoms. The summed E-state index contributed by atoms with van der Waals surface area (Å²) in [4.78, 5) is 8.77. The van der Waals surface area contributed by atoms with Gasteiger partial charge in [0.25, 0.3) is 0 Å². The predicted molar refractivity (Wildman–Crippen MR) is 120 cm³/mol. The molecule has 0 unspecified atom stereocenters. The summed E-state index contributed by atoms with van der Waals surface area (Å²) < 4.78 is 6.00. The molecule has 0 radical (unpaired) electrons. The topological polar surface area (TPSA) is 48.9 Å². The van der Waals surface area contributed by atoms with E-state index >= 15 is 0 Å². The van der Waals surface area contributed by atoms with Gasteiger partial charge in [-0.05, 0) is 37.3 Å². The van der Waals surface area contributed by atoms with Gasteiger partial charge in [-0.1, -0.05) is 30.3 Å². The number of para-hydroxylation sites is 3. The molecule has 3 aromatic rings. The van der Waals surface area contributed by atoms with Crippen molar-refractivity contribution >= 4 is 33.5 Å². The van der Waals surface area contributed by atoms with E-state index in [1.165, 1.54) is 15.4 Å². The van der Waals surface area contributed by atoms with E-state index in [1.54, 1.807) is 11.3 Å². The number of nitrogens with zero attached hydrogens (tertiary/aromatic N) is 2. The fourth-order valence-corrected chi connectivity index (χ4v) is 4.75.